The molecular weight excluding hydrogens is 318 g/mol. The Bertz CT molecular complexity index is 803. The molecule has 0 aromatic heterocycles. The van der Waals surface area contributed by atoms with E-state index in [4.69, 9.17) is 4.74 Å². The molecule has 26 heavy (non-hydrogen) atoms. The molecule has 1 aliphatic rings. The molecule has 0 atom stereocenters. The highest BCUT2D eigenvalue weighted by atomic mass is 16.5. The molecule has 1 saturated heterocycles. The summed E-state index contributed by atoms with van der Waals surface area (Å²) < 4.78 is 5.87. The lowest BCUT2D eigenvalue weighted by atomic mass is 10.0. The zero-order chi connectivity index (χ0) is 17.6. The van der Waals surface area contributed by atoms with Crippen LogP contribution in [0.15, 0.2) is 78.9 Å². The Kier molecular flexibility index (Phi) is 5.20. The number of rotatable bonds is 5. The van der Waals surface area contributed by atoms with Gasteiger partial charge in [0.1, 0.15) is 12.4 Å². The van der Waals surface area contributed by atoms with Crippen molar-refractivity contribution in [2.75, 3.05) is 18.0 Å². The second-order valence-electron chi connectivity index (χ2n) is 6.89. The number of nitrogens with zero attached hydrogens (tertiary/aromatic N) is 1. The number of benzene rings is 3. The molecule has 0 aliphatic carbocycles. The summed E-state index contributed by atoms with van der Waals surface area (Å²) >= 11 is 0. The first kappa shape index (κ1) is 16.7. The van der Waals surface area contributed by atoms with Gasteiger partial charge in [-0.05, 0) is 60.2 Å². The van der Waals surface area contributed by atoms with Gasteiger partial charge in [0.05, 0.1) is 0 Å². The normalized spacial score (nSPS) is 14.2. The molecule has 3 aromatic carbocycles. The van der Waals surface area contributed by atoms with E-state index in [-0.39, 0.29) is 0 Å². The Labute approximate surface area is 156 Å². The second kappa shape index (κ2) is 8.09. The molecule has 0 saturated carbocycles. The maximum atomic E-state index is 5.87. The van der Waals surface area contributed by atoms with Crippen molar-refractivity contribution in [3.05, 3.63) is 84.4 Å². The van der Waals surface area contributed by atoms with Gasteiger partial charge in [0.25, 0.3) is 0 Å². The molecule has 0 radical (unpaired) electrons. The number of anilines is 1. The van der Waals surface area contributed by atoms with Crippen LogP contribution in [0.5, 0.6) is 5.75 Å². The molecule has 2 nitrogen and oxygen atoms in total. The molecule has 0 bridgehead atoms. The smallest absolute Gasteiger partial charge is 0.119 e. The zero-order valence-corrected chi connectivity index (χ0v) is 15.1. The molecular formula is C24H25NO. The third-order valence-corrected chi connectivity index (χ3v) is 5.02. The largest absolute Gasteiger partial charge is 0.489 e. The maximum absolute atomic E-state index is 5.87. The van der Waals surface area contributed by atoms with Crippen LogP contribution in [0.2, 0.25) is 0 Å². The molecule has 2 heteroatoms. The van der Waals surface area contributed by atoms with Crippen molar-refractivity contribution in [3.63, 3.8) is 0 Å². The lowest BCUT2D eigenvalue weighted by molar-refractivity contribution is 0.306. The van der Waals surface area contributed by atoms with Gasteiger partial charge in [-0.3, -0.25) is 0 Å². The summed E-state index contributed by atoms with van der Waals surface area (Å²) in [6.07, 6.45) is 3.99. The molecule has 0 N–H and O–H groups in total. The third kappa shape index (κ3) is 4.08. The van der Waals surface area contributed by atoms with E-state index in [0.29, 0.717) is 6.61 Å². The van der Waals surface area contributed by atoms with Gasteiger partial charge in [-0.15, -0.1) is 0 Å². The van der Waals surface area contributed by atoms with Crippen LogP contribution in [-0.2, 0) is 6.61 Å². The van der Waals surface area contributed by atoms with Crippen molar-refractivity contribution < 1.29 is 4.74 Å². The fourth-order valence-corrected chi connectivity index (χ4v) is 3.50. The molecule has 0 spiro atoms. The highest BCUT2D eigenvalue weighted by Crippen LogP contribution is 2.26. The SMILES string of the molecule is c1ccc(COc2ccc(-c3ccc(N4CCCCC4)cc3)cc2)cc1. The molecule has 4 rings (SSSR count). The van der Waals surface area contributed by atoms with Crippen LogP contribution in [0.1, 0.15) is 24.8 Å². The molecule has 0 amide bonds. The summed E-state index contributed by atoms with van der Waals surface area (Å²) in [6.45, 7) is 2.98. The van der Waals surface area contributed by atoms with Gasteiger partial charge in [0, 0.05) is 18.8 Å². The van der Waals surface area contributed by atoms with Crippen LogP contribution < -0.4 is 9.64 Å². The van der Waals surface area contributed by atoms with E-state index in [1.807, 2.05) is 18.2 Å². The van der Waals surface area contributed by atoms with E-state index in [9.17, 15) is 0 Å². The molecule has 0 unspecified atom stereocenters. The number of ether oxygens (including phenoxy) is 1. The first-order chi connectivity index (χ1) is 12.9. The number of hydrogen-bond donors (Lipinski definition) is 0. The average molecular weight is 343 g/mol. The van der Waals surface area contributed by atoms with Crippen molar-refractivity contribution in [2.24, 2.45) is 0 Å². The lowest BCUT2D eigenvalue weighted by Crippen LogP contribution is -2.29. The van der Waals surface area contributed by atoms with Crippen molar-refractivity contribution in [3.8, 4) is 16.9 Å². The zero-order valence-electron chi connectivity index (χ0n) is 15.1. The van der Waals surface area contributed by atoms with E-state index < -0.39 is 0 Å². The van der Waals surface area contributed by atoms with Crippen LogP contribution in [0.4, 0.5) is 5.69 Å². The van der Waals surface area contributed by atoms with Crippen molar-refractivity contribution >= 4 is 5.69 Å². The van der Waals surface area contributed by atoms with E-state index in [1.165, 1.54) is 54.7 Å². The summed E-state index contributed by atoms with van der Waals surface area (Å²) in [6, 6.07) is 27.6. The minimum atomic E-state index is 0.602. The first-order valence-corrected chi connectivity index (χ1v) is 9.51. The monoisotopic (exact) mass is 343 g/mol. The van der Waals surface area contributed by atoms with Crippen molar-refractivity contribution in [2.45, 2.75) is 25.9 Å². The Balaban J connectivity index is 1.40. The lowest BCUT2D eigenvalue weighted by Gasteiger charge is -2.28. The summed E-state index contributed by atoms with van der Waals surface area (Å²) in [7, 11) is 0. The second-order valence-corrected chi connectivity index (χ2v) is 6.89. The van der Waals surface area contributed by atoms with Crippen LogP contribution >= 0.6 is 0 Å². The Morgan fingerprint density at radius 1 is 0.654 bits per heavy atom. The van der Waals surface area contributed by atoms with Crippen LogP contribution in [0, 0.1) is 0 Å². The molecule has 1 aliphatic heterocycles. The fourth-order valence-electron chi connectivity index (χ4n) is 3.50. The Hall–Kier alpha value is -2.74. The molecule has 3 aromatic rings. The Morgan fingerprint density at radius 3 is 1.92 bits per heavy atom. The minimum Gasteiger partial charge on any atom is -0.489 e. The first-order valence-electron chi connectivity index (χ1n) is 9.51. The van der Waals surface area contributed by atoms with Gasteiger partial charge >= 0.3 is 0 Å². The average Bonchev–Trinajstić information content (AvgIpc) is 2.74. The van der Waals surface area contributed by atoms with Gasteiger partial charge in [-0.25, -0.2) is 0 Å². The van der Waals surface area contributed by atoms with Crippen LogP contribution in [0.25, 0.3) is 11.1 Å². The Morgan fingerprint density at radius 2 is 1.27 bits per heavy atom. The molecule has 132 valence electrons. The fraction of sp³-hybridized carbons (Fsp3) is 0.250. The third-order valence-electron chi connectivity index (χ3n) is 5.02. The van der Waals surface area contributed by atoms with Gasteiger partial charge in [0.15, 0.2) is 0 Å². The van der Waals surface area contributed by atoms with Crippen LogP contribution in [0.3, 0.4) is 0 Å². The molecule has 1 fully saturated rings. The van der Waals surface area contributed by atoms with E-state index in [2.05, 4.69) is 65.6 Å². The summed E-state index contributed by atoms with van der Waals surface area (Å²) in [5.41, 5.74) is 5.00. The van der Waals surface area contributed by atoms with Crippen molar-refractivity contribution in [1.29, 1.82) is 0 Å². The van der Waals surface area contributed by atoms with Crippen LogP contribution in [-0.4, -0.2) is 13.1 Å². The maximum Gasteiger partial charge on any atom is 0.119 e. The van der Waals surface area contributed by atoms with Gasteiger partial charge in [0.2, 0.25) is 0 Å². The van der Waals surface area contributed by atoms with E-state index in [1.54, 1.807) is 0 Å². The summed E-state index contributed by atoms with van der Waals surface area (Å²) in [5, 5.41) is 0. The van der Waals surface area contributed by atoms with Gasteiger partial charge < -0.3 is 9.64 Å². The highest BCUT2D eigenvalue weighted by molar-refractivity contribution is 5.67. The van der Waals surface area contributed by atoms with E-state index in [0.717, 1.165) is 5.75 Å². The van der Waals surface area contributed by atoms with Gasteiger partial charge in [-0.2, -0.15) is 0 Å². The van der Waals surface area contributed by atoms with Crippen molar-refractivity contribution in [1.82, 2.24) is 0 Å². The number of hydrogen-bond acceptors (Lipinski definition) is 2. The summed E-state index contributed by atoms with van der Waals surface area (Å²) in [5.74, 6) is 0.905. The predicted molar refractivity (Wildman–Crippen MR) is 109 cm³/mol. The standard InChI is InChI=1S/C24H25NO/c1-3-7-20(8-4-1)19-26-24-15-11-22(12-16-24)21-9-13-23(14-10-21)25-17-5-2-6-18-25/h1,3-4,7-16H,2,5-6,17-19H2. The molecule has 1 heterocycles. The van der Waals surface area contributed by atoms with E-state index >= 15 is 0 Å². The predicted octanol–water partition coefficient (Wildman–Crippen LogP) is 5.92. The minimum absolute atomic E-state index is 0.602. The quantitative estimate of drug-likeness (QED) is 0.570. The topological polar surface area (TPSA) is 12.5 Å². The van der Waals surface area contributed by atoms with Gasteiger partial charge in [-0.1, -0.05) is 54.6 Å². The summed E-state index contributed by atoms with van der Waals surface area (Å²) in [4.78, 5) is 2.49. The highest BCUT2D eigenvalue weighted by Gasteiger charge is 2.10. The number of piperidine rings is 1.